The standard InChI is InChI=1S/C18H28N2O4S/c1-5-25(22,23)20-10-6-9-19(11-12-20)18(21)16-7-8-17(15(4)13-16)24-14(2)3/h7-8,13-14H,5-6,9-12H2,1-4H3. The van der Waals surface area contributed by atoms with Crippen LogP contribution in [0.15, 0.2) is 18.2 Å². The number of ether oxygens (including phenoxy) is 1. The first-order valence-electron chi connectivity index (χ1n) is 8.79. The first-order chi connectivity index (χ1) is 11.7. The summed E-state index contributed by atoms with van der Waals surface area (Å²) < 4.78 is 31.3. The lowest BCUT2D eigenvalue weighted by atomic mass is 10.1. The largest absolute Gasteiger partial charge is 0.491 e. The van der Waals surface area contributed by atoms with Gasteiger partial charge in [0.25, 0.3) is 5.91 Å². The first kappa shape index (κ1) is 19.7. The molecule has 1 fully saturated rings. The van der Waals surface area contributed by atoms with E-state index in [1.165, 1.54) is 4.31 Å². The lowest BCUT2D eigenvalue weighted by Gasteiger charge is -2.22. The van der Waals surface area contributed by atoms with Crippen molar-refractivity contribution >= 4 is 15.9 Å². The van der Waals surface area contributed by atoms with E-state index in [1.54, 1.807) is 17.9 Å². The molecule has 1 heterocycles. The van der Waals surface area contributed by atoms with E-state index in [-0.39, 0.29) is 17.8 Å². The molecule has 0 spiro atoms. The number of hydrogen-bond donors (Lipinski definition) is 0. The van der Waals surface area contributed by atoms with Crippen LogP contribution in [0.3, 0.4) is 0 Å². The molecule has 1 aliphatic heterocycles. The molecule has 1 amide bonds. The van der Waals surface area contributed by atoms with E-state index < -0.39 is 10.0 Å². The molecule has 2 rings (SSSR count). The van der Waals surface area contributed by atoms with Crippen molar-refractivity contribution in [3.63, 3.8) is 0 Å². The van der Waals surface area contributed by atoms with Gasteiger partial charge in [0.05, 0.1) is 11.9 Å². The number of hydrogen-bond acceptors (Lipinski definition) is 4. The molecule has 1 aliphatic rings. The average molecular weight is 368 g/mol. The molecule has 0 atom stereocenters. The Labute approximate surface area is 150 Å². The van der Waals surface area contributed by atoms with E-state index in [1.807, 2.05) is 32.9 Å². The monoisotopic (exact) mass is 368 g/mol. The van der Waals surface area contributed by atoms with E-state index in [4.69, 9.17) is 4.74 Å². The number of nitrogens with zero attached hydrogens (tertiary/aromatic N) is 2. The van der Waals surface area contributed by atoms with Gasteiger partial charge in [-0.25, -0.2) is 12.7 Å². The Morgan fingerprint density at radius 2 is 1.92 bits per heavy atom. The summed E-state index contributed by atoms with van der Waals surface area (Å²) in [5, 5.41) is 0. The van der Waals surface area contributed by atoms with Crippen LogP contribution in [0.5, 0.6) is 5.75 Å². The summed E-state index contributed by atoms with van der Waals surface area (Å²) in [5.41, 5.74) is 1.53. The number of sulfonamides is 1. The molecule has 1 aromatic rings. The normalized spacial score (nSPS) is 16.8. The predicted octanol–water partition coefficient (Wildman–Crippen LogP) is 2.28. The summed E-state index contributed by atoms with van der Waals surface area (Å²) in [6.45, 7) is 9.31. The second-order valence-corrected chi connectivity index (χ2v) is 8.85. The minimum atomic E-state index is -3.20. The van der Waals surface area contributed by atoms with Gasteiger partial charge in [0.2, 0.25) is 10.0 Å². The van der Waals surface area contributed by atoms with E-state index >= 15 is 0 Å². The molecule has 6 nitrogen and oxygen atoms in total. The van der Waals surface area contributed by atoms with E-state index in [0.29, 0.717) is 38.2 Å². The van der Waals surface area contributed by atoms with Crippen molar-refractivity contribution in [2.24, 2.45) is 0 Å². The third-order valence-electron chi connectivity index (χ3n) is 4.28. The molecule has 140 valence electrons. The molecule has 7 heteroatoms. The maximum absolute atomic E-state index is 12.8. The Morgan fingerprint density at radius 3 is 2.52 bits per heavy atom. The van der Waals surface area contributed by atoms with Crippen molar-refractivity contribution in [1.82, 2.24) is 9.21 Å². The van der Waals surface area contributed by atoms with Crippen molar-refractivity contribution in [2.75, 3.05) is 31.9 Å². The SMILES string of the molecule is CCS(=O)(=O)N1CCCN(C(=O)c2ccc(OC(C)C)c(C)c2)CC1. The Bertz CT molecular complexity index is 716. The zero-order valence-corrected chi connectivity index (χ0v) is 16.3. The van der Waals surface area contributed by atoms with Gasteiger partial charge in [-0.15, -0.1) is 0 Å². The Kier molecular flexibility index (Phi) is 6.46. The van der Waals surface area contributed by atoms with Gasteiger partial charge in [0.15, 0.2) is 0 Å². The fourth-order valence-electron chi connectivity index (χ4n) is 2.91. The van der Waals surface area contributed by atoms with Crippen LogP contribution < -0.4 is 4.74 Å². The highest BCUT2D eigenvalue weighted by atomic mass is 32.2. The second-order valence-electron chi connectivity index (χ2n) is 6.59. The maximum atomic E-state index is 12.8. The number of rotatable bonds is 5. The summed E-state index contributed by atoms with van der Waals surface area (Å²) in [7, 11) is -3.20. The van der Waals surface area contributed by atoms with E-state index in [0.717, 1.165) is 11.3 Å². The van der Waals surface area contributed by atoms with Crippen LogP contribution in [-0.4, -0.2) is 61.6 Å². The predicted molar refractivity (Wildman–Crippen MR) is 98.5 cm³/mol. The Morgan fingerprint density at radius 1 is 1.20 bits per heavy atom. The smallest absolute Gasteiger partial charge is 0.253 e. The number of amides is 1. The molecule has 0 aliphatic carbocycles. The number of aryl methyl sites for hydroxylation is 1. The van der Waals surface area contributed by atoms with Crippen LogP contribution in [0.4, 0.5) is 0 Å². The fourth-order valence-corrected chi connectivity index (χ4v) is 4.04. The molecule has 1 saturated heterocycles. The molecule has 0 N–H and O–H groups in total. The van der Waals surface area contributed by atoms with E-state index in [2.05, 4.69) is 0 Å². The molecular formula is C18H28N2O4S. The highest BCUT2D eigenvalue weighted by Crippen LogP contribution is 2.22. The van der Waals surface area contributed by atoms with Gasteiger partial charge in [-0.05, 0) is 57.9 Å². The molecule has 0 saturated carbocycles. The third kappa shape index (κ3) is 4.95. The number of carbonyl (C=O) groups is 1. The van der Waals surface area contributed by atoms with Crippen LogP contribution >= 0.6 is 0 Å². The molecule has 0 aromatic heterocycles. The van der Waals surface area contributed by atoms with Crippen LogP contribution in [0, 0.1) is 6.92 Å². The molecular weight excluding hydrogens is 340 g/mol. The zero-order chi connectivity index (χ0) is 18.6. The summed E-state index contributed by atoms with van der Waals surface area (Å²) >= 11 is 0. The molecule has 0 radical (unpaired) electrons. The quantitative estimate of drug-likeness (QED) is 0.800. The minimum Gasteiger partial charge on any atom is -0.491 e. The lowest BCUT2D eigenvalue weighted by molar-refractivity contribution is 0.0764. The number of carbonyl (C=O) groups excluding carboxylic acids is 1. The first-order valence-corrected chi connectivity index (χ1v) is 10.4. The van der Waals surface area contributed by atoms with Crippen molar-refractivity contribution in [3.05, 3.63) is 29.3 Å². The van der Waals surface area contributed by atoms with Gasteiger partial charge in [0, 0.05) is 31.7 Å². The topological polar surface area (TPSA) is 66.9 Å². The van der Waals surface area contributed by atoms with Gasteiger partial charge in [-0.2, -0.15) is 0 Å². The second kappa shape index (κ2) is 8.19. The summed E-state index contributed by atoms with van der Waals surface area (Å²) in [4.78, 5) is 14.5. The maximum Gasteiger partial charge on any atom is 0.253 e. The van der Waals surface area contributed by atoms with Gasteiger partial charge < -0.3 is 9.64 Å². The van der Waals surface area contributed by atoms with Crippen molar-refractivity contribution in [1.29, 1.82) is 0 Å². The lowest BCUT2D eigenvalue weighted by Crippen LogP contribution is -2.38. The van der Waals surface area contributed by atoms with Crippen LogP contribution in [0.1, 0.15) is 43.1 Å². The van der Waals surface area contributed by atoms with Crippen LogP contribution in [0.25, 0.3) is 0 Å². The summed E-state index contributed by atoms with van der Waals surface area (Å²) in [6.07, 6.45) is 0.732. The van der Waals surface area contributed by atoms with Gasteiger partial charge >= 0.3 is 0 Å². The highest BCUT2D eigenvalue weighted by Gasteiger charge is 2.26. The van der Waals surface area contributed by atoms with Crippen molar-refractivity contribution < 1.29 is 17.9 Å². The molecule has 25 heavy (non-hydrogen) atoms. The average Bonchev–Trinajstić information content (AvgIpc) is 2.82. The molecule has 0 bridgehead atoms. The Hall–Kier alpha value is -1.60. The third-order valence-corrected chi connectivity index (χ3v) is 6.17. The Balaban J connectivity index is 2.09. The molecule has 0 unspecified atom stereocenters. The number of benzene rings is 1. The summed E-state index contributed by atoms with van der Waals surface area (Å²) in [5.74, 6) is 0.815. The minimum absolute atomic E-state index is 0.0602. The van der Waals surface area contributed by atoms with Crippen LogP contribution in [-0.2, 0) is 10.0 Å². The van der Waals surface area contributed by atoms with Crippen molar-refractivity contribution in [2.45, 2.75) is 40.2 Å². The van der Waals surface area contributed by atoms with Gasteiger partial charge in [-0.3, -0.25) is 4.79 Å². The van der Waals surface area contributed by atoms with Gasteiger partial charge in [-0.1, -0.05) is 0 Å². The highest BCUT2D eigenvalue weighted by molar-refractivity contribution is 7.89. The fraction of sp³-hybridized carbons (Fsp3) is 0.611. The van der Waals surface area contributed by atoms with Crippen molar-refractivity contribution in [3.8, 4) is 5.75 Å². The van der Waals surface area contributed by atoms with E-state index in [9.17, 15) is 13.2 Å². The molecule has 1 aromatic carbocycles. The summed E-state index contributed by atoms with van der Waals surface area (Å²) in [6, 6.07) is 5.44. The van der Waals surface area contributed by atoms with Gasteiger partial charge in [0.1, 0.15) is 5.75 Å². The van der Waals surface area contributed by atoms with Crippen LogP contribution in [0.2, 0.25) is 0 Å². The zero-order valence-electron chi connectivity index (χ0n) is 15.5.